The van der Waals surface area contributed by atoms with Crippen molar-refractivity contribution in [3.05, 3.63) is 57.5 Å². The lowest BCUT2D eigenvalue weighted by Crippen LogP contribution is -2.25. The van der Waals surface area contributed by atoms with Crippen molar-refractivity contribution in [2.24, 2.45) is 0 Å². The van der Waals surface area contributed by atoms with Crippen LogP contribution in [0.2, 0.25) is 0 Å². The molecule has 0 aliphatic heterocycles. The highest BCUT2D eigenvalue weighted by molar-refractivity contribution is 5.84. The van der Waals surface area contributed by atoms with Crippen LogP contribution in [0.15, 0.2) is 39.8 Å². The van der Waals surface area contributed by atoms with E-state index in [1.807, 2.05) is 6.92 Å². The molecule has 7 heteroatoms. The SMILES string of the molecule is Cc1cc(C(C)NC(=O)O)c2oc(-c3ncccn3)c(C)c(=O)c2c1. The predicted octanol–water partition coefficient (Wildman–Crippen LogP) is 3.20. The van der Waals surface area contributed by atoms with Gasteiger partial charge in [-0.05, 0) is 38.5 Å². The van der Waals surface area contributed by atoms with Crippen LogP contribution in [0.5, 0.6) is 0 Å². The van der Waals surface area contributed by atoms with Crippen LogP contribution in [-0.4, -0.2) is 21.2 Å². The summed E-state index contributed by atoms with van der Waals surface area (Å²) < 4.78 is 5.99. The molecule has 25 heavy (non-hydrogen) atoms. The Morgan fingerprint density at radius 1 is 1.24 bits per heavy atom. The maximum absolute atomic E-state index is 12.8. The fourth-order valence-corrected chi connectivity index (χ4v) is 2.78. The molecular formula is C18H17N3O4. The van der Waals surface area contributed by atoms with Gasteiger partial charge in [-0.1, -0.05) is 6.07 Å². The number of nitrogens with zero attached hydrogens (tertiary/aromatic N) is 2. The highest BCUT2D eigenvalue weighted by atomic mass is 16.4. The van der Waals surface area contributed by atoms with Gasteiger partial charge in [-0.15, -0.1) is 0 Å². The number of carbonyl (C=O) groups is 1. The molecule has 1 amide bonds. The van der Waals surface area contributed by atoms with Crippen LogP contribution in [0.3, 0.4) is 0 Å². The Balaban J connectivity index is 2.33. The van der Waals surface area contributed by atoms with Crippen LogP contribution >= 0.6 is 0 Å². The lowest BCUT2D eigenvalue weighted by molar-refractivity contribution is 0.191. The van der Waals surface area contributed by atoms with E-state index >= 15 is 0 Å². The fraction of sp³-hybridized carbons (Fsp3) is 0.222. The summed E-state index contributed by atoms with van der Waals surface area (Å²) in [6.07, 6.45) is 1.98. The summed E-state index contributed by atoms with van der Waals surface area (Å²) in [5, 5.41) is 11.8. The summed E-state index contributed by atoms with van der Waals surface area (Å²) >= 11 is 0. The molecule has 2 N–H and O–H groups in total. The third kappa shape index (κ3) is 3.08. The Morgan fingerprint density at radius 2 is 1.92 bits per heavy atom. The molecule has 0 saturated heterocycles. The van der Waals surface area contributed by atoms with E-state index in [0.717, 1.165) is 5.56 Å². The molecule has 0 aliphatic rings. The number of benzene rings is 1. The van der Waals surface area contributed by atoms with E-state index in [0.29, 0.717) is 27.9 Å². The van der Waals surface area contributed by atoms with Crippen molar-refractivity contribution < 1.29 is 14.3 Å². The van der Waals surface area contributed by atoms with Gasteiger partial charge in [0.1, 0.15) is 5.58 Å². The predicted molar refractivity (Wildman–Crippen MR) is 92.6 cm³/mol. The summed E-state index contributed by atoms with van der Waals surface area (Å²) in [6.45, 7) is 5.21. The minimum Gasteiger partial charge on any atom is -0.465 e. The smallest absolute Gasteiger partial charge is 0.405 e. The summed E-state index contributed by atoms with van der Waals surface area (Å²) in [7, 11) is 0. The van der Waals surface area contributed by atoms with Gasteiger partial charge >= 0.3 is 6.09 Å². The average molecular weight is 339 g/mol. The van der Waals surface area contributed by atoms with Gasteiger partial charge in [0.05, 0.1) is 11.4 Å². The third-order valence-corrected chi connectivity index (χ3v) is 3.97. The summed E-state index contributed by atoms with van der Waals surface area (Å²) in [6, 6.07) is 4.67. The van der Waals surface area contributed by atoms with Gasteiger partial charge < -0.3 is 14.8 Å². The Labute approximate surface area is 143 Å². The zero-order valence-electron chi connectivity index (χ0n) is 14.0. The van der Waals surface area contributed by atoms with Crippen LogP contribution in [-0.2, 0) is 0 Å². The molecule has 0 bridgehead atoms. The number of nitrogens with one attached hydrogen (secondary N) is 1. The third-order valence-electron chi connectivity index (χ3n) is 3.97. The van der Waals surface area contributed by atoms with Crippen LogP contribution in [0.4, 0.5) is 4.79 Å². The number of carboxylic acid groups (broad SMARTS) is 1. The fourth-order valence-electron chi connectivity index (χ4n) is 2.78. The van der Waals surface area contributed by atoms with E-state index in [1.54, 1.807) is 44.4 Å². The van der Waals surface area contributed by atoms with Crippen LogP contribution < -0.4 is 10.7 Å². The molecular weight excluding hydrogens is 322 g/mol. The van der Waals surface area contributed by atoms with Crippen molar-refractivity contribution in [2.75, 3.05) is 0 Å². The molecule has 3 aromatic rings. The molecule has 1 unspecified atom stereocenters. The van der Waals surface area contributed by atoms with Crippen molar-refractivity contribution in [3.63, 3.8) is 0 Å². The minimum atomic E-state index is -1.15. The Morgan fingerprint density at radius 3 is 2.56 bits per heavy atom. The normalized spacial score (nSPS) is 12.1. The number of rotatable bonds is 3. The monoisotopic (exact) mass is 339 g/mol. The number of hydrogen-bond donors (Lipinski definition) is 2. The number of aromatic nitrogens is 2. The second-order valence-electron chi connectivity index (χ2n) is 5.86. The Hall–Kier alpha value is -3.22. The molecule has 1 aromatic carbocycles. The molecule has 2 heterocycles. The second kappa shape index (κ2) is 6.35. The molecule has 128 valence electrons. The number of fused-ring (bicyclic) bond motifs is 1. The van der Waals surface area contributed by atoms with Gasteiger partial charge in [0.2, 0.25) is 0 Å². The average Bonchev–Trinajstić information content (AvgIpc) is 2.58. The van der Waals surface area contributed by atoms with Gasteiger partial charge in [-0.3, -0.25) is 4.79 Å². The number of amides is 1. The molecule has 0 radical (unpaired) electrons. The molecule has 0 fully saturated rings. The van der Waals surface area contributed by atoms with Crippen molar-refractivity contribution in [2.45, 2.75) is 26.8 Å². The number of aryl methyl sites for hydroxylation is 1. The zero-order valence-corrected chi connectivity index (χ0v) is 14.0. The molecule has 1 atom stereocenters. The first-order chi connectivity index (χ1) is 11.9. The molecule has 3 rings (SSSR count). The maximum atomic E-state index is 12.8. The lowest BCUT2D eigenvalue weighted by atomic mass is 10.00. The quantitative estimate of drug-likeness (QED) is 0.759. The standard InChI is InChI=1S/C18H17N3O4/c1-9-7-12(11(3)21-18(23)24)16-13(8-9)14(22)10(2)15(25-16)17-19-5-4-6-20-17/h4-8,11,21H,1-3H3,(H,23,24). The first kappa shape index (κ1) is 16.6. The van der Waals surface area contributed by atoms with Gasteiger partial charge in [0, 0.05) is 23.5 Å². The van der Waals surface area contributed by atoms with E-state index in [-0.39, 0.29) is 11.2 Å². The second-order valence-corrected chi connectivity index (χ2v) is 5.86. The lowest BCUT2D eigenvalue weighted by Gasteiger charge is -2.16. The molecule has 7 nitrogen and oxygen atoms in total. The van der Waals surface area contributed by atoms with E-state index in [1.165, 1.54) is 0 Å². The van der Waals surface area contributed by atoms with Crippen molar-refractivity contribution in [1.29, 1.82) is 0 Å². The van der Waals surface area contributed by atoms with E-state index < -0.39 is 12.1 Å². The molecule has 0 saturated carbocycles. The van der Waals surface area contributed by atoms with Crippen molar-refractivity contribution >= 4 is 17.1 Å². The topological polar surface area (TPSA) is 105 Å². The molecule has 0 spiro atoms. The highest BCUT2D eigenvalue weighted by Crippen LogP contribution is 2.29. The van der Waals surface area contributed by atoms with Gasteiger partial charge in [-0.2, -0.15) is 0 Å². The van der Waals surface area contributed by atoms with Crippen molar-refractivity contribution in [3.8, 4) is 11.6 Å². The first-order valence-electron chi connectivity index (χ1n) is 7.73. The van der Waals surface area contributed by atoms with Crippen LogP contribution in [0.25, 0.3) is 22.6 Å². The molecule has 0 aliphatic carbocycles. The summed E-state index contributed by atoms with van der Waals surface area (Å²) in [4.78, 5) is 32.1. The van der Waals surface area contributed by atoms with E-state index in [2.05, 4.69) is 15.3 Å². The van der Waals surface area contributed by atoms with E-state index in [4.69, 9.17) is 9.52 Å². The van der Waals surface area contributed by atoms with Crippen molar-refractivity contribution in [1.82, 2.24) is 15.3 Å². The highest BCUT2D eigenvalue weighted by Gasteiger charge is 2.20. The first-order valence-corrected chi connectivity index (χ1v) is 7.73. The van der Waals surface area contributed by atoms with Gasteiger partial charge in [-0.25, -0.2) is 14.8 Å². The Kier molecular flexibility index (Phi) is 4.22. The van der Waals surface area contributed by atoms with Gasteiger partial charge in [0.15, 0.2) is 17.0 Å². The zero-order chi connectivity index (χ0) is 18.1. The molecule has 2 aromatic heterocycles. The largest absolute Gasteiger partial charge is 0.465 e. The van der Waals surface area contributed by atoms with Crippen LogP contribution in [0, 0.1) is 13.8 Å². The maximum Gasteiger partial charge on any atom is 0.405 e. The number of hydrogen-bond acceptors (Lipinski definition) is 5. The summed E-state index contributed by atoms with van der Waals surface area (Å²) in [5.41, 5.74) is 2.00. The summed E-state index contributed by atoms with van der Waals surface area (Å²) in [5.74, 6) is 0.593. The van der Waals surface area contributed by atoms with Crippen LogP contribution in [0.1, 0.15) is 29.7 Å². The van der Waals surface area contributed by atoms with Gasteiger partial charge in [0.25, 0.3) is 0 Å². The Bertz CT molecular complexity index is 1010. The minimum absolute atomic E-state index is 0.184. The van der Waals surface area contributed by atoms with E-state index in [9.17, 15) is 9.59 Å².